The van der Waals surface area contributed by atoms with Gasteiger partial charge in [-0.2, -0.15) is 0 Å². The largest absolute Gasteiger partial charge is 0.492 e. The number of likely N-dealkylation sites (N-methyl/N-ethyl adjacent to an activating group) is 2. The molecule has 146 valence electrons. The monoisotopic (exact) mass is 474 g/mol. The zero-order chi connectivity index (χ0) is 18.1. The summed E-state index contributed by atoms with van der Waals surface area (Å²) in [5.74, 6) is 1.64. The van der Waals surface area contributed by atoms with Gasteiger partial charge in [-0.3, -0.25) is 4.79 Å². The quantitative estimate of drug-likeness (QED) is 0.375. The first-order valence-corrected chi connectivity index (χ1v) is 8.96. The van der Waals surface area contributed by atoms with Crippen LogP contribution >= 0.6 is 24.0 Å². The minimum Gasteiger partial charge on any atom is -0.492 e. The van der Waals surface area contributed by atoms with Crippen molar-refractivity contribution in [3.8, 4) is 5.75 Å². The fraction of sp³-hybridized carbons (Fsp3) is 0.579. The van der Waals surface area contributed by atoms with Crippen LogP contribution in [0.4, 0.5) is 0 Å². The molecular formula is C19H31IN4O2. The first-order valence-electron chi connectivity index (χ1n) is 8.96. The predicted molar refractivity (Wildman–Crippen MR) is 116 cm³/mol. The van der Waals surface area contributed by atoms with Gasteiger partial charge in [0.05, 0.1) is 6.54 Å². The molecule has 0 spiro atoms. The van der Waals surface area contributed by atoms with E-state index in [1.165, 1.54) is 12.8 Å². The van der Waals surface area contributed by atoms with Crippen LogP contribution in [0, 0.1) is 0 Å². The number of rotatable bonds is 7. The van der Waals surface area contributed by atoms with Gasteiger partial charge in [0.25, 0.3) is 0 Å². The number of ether oxygens (including phenoxy) is 1. The van der Waals surface area contributed by atoms with Crippen molar-refractivity contribution in [2.45, 2.75) is 31.7 Å². The Kier molecular flexibility index (Phi) is 10.4. The molecule has 1 N–H and O–H groups in total. The van der Waals surface area contributed by atoms with Gasteiger partial charge in [0.15, 0.2) is 5.96 Å². The molecule has 2 rings (SSSR count). The Labute approximate surface area is 174 Å². The van der Waals surface area contributed by atoms with Crippen LogP contribution in [0.1, 0.15) is 25.7 Å². The Bertz CT molecular complexity index is 560. The molecule has 1 aromatic rings. The number of hydrogen-bond donors (Lipinski definition) is 1. The Hall–Kier alpha value is -1.51. The minimum absolute atomic E-state index is 0. The van der Waals surface area contributed by atoms with Crippen molar-refractivity contribution in [3.05, 3.63) is 30.3 Å². The zero-order valence-corrected chi connectivity index (χ0v) is 18.3. The topological polar surface area (TPSA) is 57.2 Å². The summed E-state index contributed by atoms with van der Waals surface area (Å²) >= 11 is 0. The Morgan fingerprint density at radius 2 is 1.85 bits per heavy atom. The smallest absolute Gasteiger partial charge is 0.243 e. The second kappa shape index (κ2) is 12.0. The lowest BCUT2D eigenvalue weighted by molar-refractivity contribution is -0.127. The maximum absolute atomic E-state index is 11.9. The predicted octanol–water partition coefficient (Wildman–Crippen LogP) is 2.59. The molecule has 0 saturated heterocycles. The molecule has 7 heteroatoms. The molecule has 1 saturated carbocycles. The molecule has 26 heavy (non-hydrogen) atoms. The van der Waals surface area contributed by atoms with E-state index in [1.807, 2.05) is 42.3 Å². The average Bonchev–Trinajstić information content (AvgIpc) is 3.12. The molecule has 1 aromatic carbocycles. The van der Waals surface area contributed by atoms with Crippen LogP contribution in [0.2, 0.25) is 0 Å². The van der Waals surface area contributed by atoms with E-state index in [1.54, 1.807) is 19.0 Å². The molecule has 0 radical (unpaired) electrons. The molecule has 0 aromatic heterocycles. The van der Waals surface area contributed by atoms with Gasteiger partial charge in [0.1, 0.15) is 18.9 Å². The highest BCUT2D eigenvalue weighted by Gasteiger charge is 2.18. The standard InChI is InChI=1S/C19H30N4O2.HI/c1-22(2)18(24)15-20-19(21-16-9-7-8-10-16)23(3)13-14-25-17-11-5-4-6-12-17;/h4-6,11-12,16H,7-10,13-15H2,1-3H3,(H,20,21);1H. The number of halogens is 1. The first kappa shape index (κ1) is 22.5. The van der Waals surface area contributed by atoms with Crippen LogP contribution in [0.15, 0.2) is 35.3 Å². The summed E-state index contributed by atoms with van der Waals surface area (Å²) in [6.07, 6.45) is 4.83. The van der Waals surface area contributed by atoms with Crippen LogP contribution < -0.4 is 10.1 Å². The van der Waals surface area contributed by atoms with E-state index in [2.05, 4.69) is 10.3 Å². The average molecular weight is 474 g/mol. The van der Waals surface area contributed by atoms with E-state index in [9.17, 15) is 4.79 Å². The molecular weight excluding hydrogens is 443 g/mol. The molecule has 1 fully saturated rings. The van der Waals surface area contributed by atoms with Crippen molar-refractivity contribution >= 4 is 35.8 Å². The number of benzene rings is 1. The highest BCUT2D eigenvalue weighted by molar-refractivity contribution is 14.0. The fourth-order valence-electron chi connectivity index (χ4n) is 2.74. The van der Waals surface area contributed by atoms with Gasteiger partial charge in [0, 0.05) is 27.2 Å². The van der Waals surface area contributed by atoms with Gasteiger partial charge in [0.2, 0.25) is 5.91 Å². The summed E-state index contributed by atoms with van der Waals surface area (Å²) in [6, 6.07) is 10.2. The van der Waals surface area contributed by atoms with Gasteiger partial charge in [-0.1, -0.05) is 31.0 Å². The minimum atomic E-state index is -0.000317. The van der Waals surface area contributed by atoms with E-state index in [0.29, 0.717) is 19.2 Å². The summed E-state index contributed by atoms with van der Waals surface area (Å²) in [5.41, 5.74) is 0. The molecule has 0 bridgehead atoms. The number of hydrogen-bond acceptors (Lipinski definition) is 3. The SMILES string of the molecule is CN(C)C(=O)CN=C(NC1CCCC1)N(C)CCOc1ccccc1.I. The van der Waals surface area contributed by atoms with Crippen LogP contribution in [-0.4, -0.2) is 68.5 Å². The number of carbonyl (C=O) groups excluding carboxylic acids is 1. The molecule has 1 amide bonds. The molecule has 0 aliphatic heterocycles. The molecule has 1 aliphatic carbocycles. The summed E-state index contributed by atoms with van der Waals surface area (Å²) in [6.45, 7) is 1.42. The summed E-state index contributed by atoms with van der Waals surface area (Å²) in [4.78, 5) is 20.0. The fourth-order valence-corrected chi connectivity index (χ4v) is 2.74. The van der Waals surface area contributed by atoms with E-state index >= 15 is 0 Å². The van der Waals surface area contributed by atoms with E-state index in [0.717, 1.165) is 24.6 Å². The second-order valence-electron chi connectivity index (χ2n) is 6.64. The lowest BCUT2D eigenvalue weighted by atomic mass is 10.2. The number of guanidine groups is 1. The van der Waals surface area contributed by atoms with Crippen molar-refractivity contribution in [1.29, 1.82) is 0 Å². The number of nitrogens with zero attached hydrogens (tertiary/aromatic N) is 3. The Morgan fingerprint density at radius 1 is 1.19 bits per heavy atom. The lowest BCUT2D eigenvalue weighted by Gasteiger charge is -2.25. The number of carbonyl (C=O) groups is 1. The number of nitrogens with one attached hydrogen (secondary N) is 1. The third kappa shape index (κ3) is 7.80. The van der Waals surface area contributed by atoms with E-state index < -0.39 is 0 Å². The highest BCUT2D eigenvalue weighted by Crippen LogP contribution is 2.17. The summed E-state index contributed by atoms with van der Waals surface area (Å²) in [7, 11) is 5.48. The van der Waals surface area contributed by atoms with Crippen molar-refractivity contribution in [2.24, 2.45) is 4.99 Å². The van der Waals surface area contributed by atoms with Crippen molar-refractivity contribution in [1.82, 2.24) is 15.1 Å². The van der Waals surface area contributed by atoms with Crippen molar-refractivity contribution in [3.63, 3.8) is 0 Å². The Morgan fingerprint density at radius 3 is 2.46 bits per heavy atom. The van der Waals surface area contributed by atoms with Crippen LogP contribution in [0.25, 0.3) is 0 Å². The van der Waals surface area contributed by atoms with E-state index in [4.69, 9.17) is 4.74 Å². The highest BCUT2D eigenvalue weighted by atomic mass is 127. The maximum Gasteiger partial charge on any atom is 0.243 e. The molecule has 0 atom stereocenters. The van der Waals surface area contributed by atoms with Crippen molar-refractivity contribution in [2.75, 3.05) is 40.8 Å². The zero-order valence-electron chi connectivity index (χ0n) is 16.0. The second-order valence-corrected chi connectivity index (χ2v) is 6.64. The normalized spacial score (nSPS) is 14.5. The first-order chi connectivity index (χ1) is 12.1. The summed E-state index contributed by atoms with van der Waals surface area (Å²) in [5, 5.41) is 3.51. The van der Waals surface area contributed by atoms with Crippen LogP contribution in [0.3, 0.4) is 0 Å². The number of aliphatic imine (C=N–C) groups is 1. The van der Waals surface area contributed by atoms with Gasteiger partial charge < -0.3 is 19.9 Å². The Balaban J connectivity index is 0.00000338. The molecule has 0 heterocycles. The molecule has 0 unspecified atom stereocenters. The lowest BCUT2D eigenvalue weighted by Crippen LogP contribution is -2.45. The maximum atomic E-state index is 11.9. The number of amides is 1. The molecule has 1 aliphatic rings. The van der Waals surface area contributed by atoms with Crippen LogP contribution in [-0.2, 0) is 4.79 Å². The van der Waals surface area contributed by atoms with Gasteiger partial charge in [-0.05, 0) is 25.0 Å². The van der Waals surface area contributed by atoms with Gasteiger partial charge >= 0.3 is 0 Å². The molecule has 6 nitrogen and oxygen atoms in total. The van der Waals surface area contributed by atoms with Crippen LogP contribution in [0.5, 0.6) is 5.75 Å². The van der Waals surface area contributed by atoms with Gasteiger partial charge in [-0.15, -0.1) is 24.0 Å². The van der Waals surface area contributed by atoms with E-state index in [-0.39, 0.29) is 36.4 Å². The number of para-hydroxylation sites is 1. The third-order valence-corrected chi connectivity index (χ3v) is 4.35. The third-order valence-electron chi connectivity index (χ3n) is 4.35. The summed E-state index contributed by atoms with van der Waals surface area (Å²) < 4.78 is 5.76. The van der Waals surface area contributed by atoms with Gasteiger partial charge in [-0.25, -0.2) is 4.99 Å². The van der Waals surface area contributed by atoms with Crippen molar-refractivity contribution < 1.29 is 9.53 Å².